The molecule has 0 saturated carbocycles. The Morgan fingerprint density at radius 1 is 1.47 bits per heavy atom. The molecule has 0 atom stereocenters. The average molecular weight is 381 g/mol. The van der Waals surface area contributed by atoms with Crippen LogP contribution in [0.4, 0.5) is 5.69 Å². The first-order valence-electron chi connectivity index (χ1n) is 5.36. The number of hydrogen-bond donors (Lipinski definition) is 1. The normalized spacial score (nSPS) is 18.7. The first-order valence-corrected chi connectivity index (χ1v) is 7.80. The van der Waals surface area contributed by atoms with Crippen molar-refractivity contribution in [1.82, 2.24) is 0 Å². The zero-order chi connectivity index (χ0) is 12.5. The van der Waals surface area contributed by atoms with Gasteiger partial charge < -0.3 is 5.32 Å². The van der Waals surface area contributed by atoms with E-state index in [-0.39, 0.29) is 0 Å². The van der Waals surface area contributed by atoms with Crippen LogP contribution >= 0.6 is 46.0 Å². The summed E-state index contributed by atoms with van der Waals surface area (Å²) in [6, 6.07) is 5.83. The van der Waals surface area contributed by atoms with Crippen LogP contribution in [0.2, 0.25) is 5.02 Å². The van der Waals surface area contributed by atoms with Crippen molar-refractivity contribution in [3.05, 3.63) is 26.8 Å². The maximum absolute atomic E-state index is 5.93. The minimum Gasteiger partial charge on any atom is -0.334 e. The van der Waals surface area contributed by atoms with Crippen LogP contribution in [-0.4, -0.2) is 17.5 Å². The second-order valence-electron chi connectivity index (χ2n) is 4.82. The Kier molecular flexibility index (Phi) is 4.26. The van der Waals surface area contributed by atoms with Gasteiger partial charge in [-0.05, 0) is 46.2 Å². The van der Waals surface area contributed by atoms with Crippen LogP contribution < -0.4 is 5.32 Å². The van der Waals surface area contributed by atoms with Gasteiger partial charge in [0.05, 0.1) is 5.69 Å². The Labute approximate surface area is 125 Å². The summed E-state index contributed by atoms with van der Waals surface area (Å²) in [6.07, 6.45) is 0. The highest BCUT2D eigenvalue weighted by atomic mass is 127. The third kappa shape index (κ3) is 3.76. The van der Waals surface area contributed by atoms with E-state index in [0.29, 0.717) is 5.41 Å². The van der Waals surface area contributed by atoms with E-state index in [9.17, 15) is 0 Å². The summed E-state index contributed by atoms with van der Waals surface area (Å²) in [7, 11) is 0. The molecule has 0 fully saturated rings. The molecule has 1 aromatic rings. The van der Waals surface area contributed by atoms with Crippen molar-refractivity contribution in [3.8, 4) is 0 Å². The molecule has 17 heavy (non-hydrogen) atoms. The average Bonchev–Trinajstić information content (AvgIpc) is 2.25. The largest absolute Gasteiger partial charge is 0.334 e. The molecule has 92 valence electrons. The highest BCUT2D eigenvalue weighted by Gasteiger charge is 2.23. The number of benzene rings is 1. The van der Waals surface area contributed by atoms with Crippen molar-refractivity contribution in [2.45, 2.75) is 13.8 Å². The van der Waals surface area contributed by atoms with E-state index < -0.39 is 0 Å². The molecular formula is C12H14ClIN2S. The van der Waals surface area contributed by atoms with Gasteiger partial charge in [0.2, 0.25) is 0 Å². The van der Waals surface area contributed by atoms with Gasteiger partial charge in [0.15, 0.2) is 5.17 Å². The van der Waals surface area contributed by atoms with Gasteiger partial charge >= 0.3 is 0 Å². The van der Waals surface area contributed by atoms with Gasteiger partial charge in [-0.15, -0.1) is 0 Å². The molecule has 2 rings (SSSR count). The molecule has 1 aliphatic rings. The van der Waals surface area contributed by atoms with Gasteiger partial charge in [0.1, 0.15) is 0 Å². The molecule has 0 radical (unpaired) electrons. The second kappa shape index (κ2) is 5.36. The molecule has 1 aliphatic heterocycles. The van der Waals surface area contributed by atoms with Gasteiger partial charge in [-0.25, -0.2) is 0 Å². The zero-order valence-corrected chi connectivity index (χ0v) is 13.5. The molecule has 0 bridgehead atoms. The van der Waals surface area contributed by atoms with Crippen molar-refractivity contribution in [2.24, 2.45) is 10.4 Å². The van der Waals surface area contributed by atoms with E-state index in [0.717, 1.165) is 31.7 Å². The van der Waals surface area contributed by atoms with E-state index >= 15 is 0 Å². The predicted octanol–water partition coefficient (Wildman–Crippen LogP) is 4.49. The monoisotopic (exact) mass is 380 g/mol. The lowest BCUT2D eigenvalue weighted by Crippen LogP contribution is -2.27. The van der Waals surface area contributed by atoms with Crippen molar-refractivity contribution in [1.29, 1.82) is 0 Å². The van der Waals surface area contributed by atoms with E-state index in [1.165, 1.54) is 0 Å². The fraction of sp³-hybridized carbons (Fsp3) is 0.417. The maximum Gasteiger partial charge on any atom is 0.161 e. The van der Waals surface area contributed by atoms with Crippen LogP contribution in [0.15, 0.2) is 23.2 Å². The highest BCUT2D eigenvalue weighted by molar-refractivity contribution is 14.1. The summed E-state index contributed by atoms with van der Waals surface area (Å²) in [5.41, 5.74) is 1.38. The number of anilines is 1. The maximum atomic E-state index is 5.93. The molecule has 0 amide bonds. The summed E-state index contributed by atoms with van der Waals surface area (Å²) >= 11 is 9.99. The number of nitrogens with one attached hydrogen (secondary N) is 1. The summed E-state index contributed by atoms with van der Waals surface area (Å²) in [4.78, 5) is 4.57. The molecule has 0 saturated heterocycles. The fourth-order valence-corrected chi connectivity index (χ4v) is 3.39. The van der Waals surface area contributed by atoms with E-state index in [2.05, 4.69) is 46.7 Å². The molecule has 5 heteroatoms. The number of amidine groups is 1. The van der Waals surface area contributed by atoms with Crippen molar-refractivity contribution < 1.29 is 0 Å². The lowest BCUT2D eigenvalue weighted by atomic mass is 9.97. The Balaban J connectivity index is 2.09. The third-order valence-electron chi connectivity index (χ3n) is 2.42. The molecule has 1 N–H and O–H groups in total. The smallest absolute Gasteiger partial charge is 0.161 e. The van der Waals surface area contributed by atoms with Crippen LogP contribution in [-0.2, 0) is 0 Å². The van der Waals surface area contributed by atoms with E-state index in [1.54, 1.807) is 11.8 Å². The summed E-state index contributed by atoms with van der Waals surface area (Å²) in [5, 5.41) is 5.13. The van der Waals surface area contributed by atoms with Crippen molar-refractivity contribution in [3.63, 3.8) is 0 Å². The number of rotatable bonds is 1. The molecule has 0 spiro atoms. The summed E-state index contributed by atoms with van der Waals surface area (Å²) in [6.45, 7) is 5.37. The number of hydrogen-bond acceptors (Lipinski definition) is 3. The molecule has 2 nitrogen and oxygen atoms in total. The number of halogens is 2. The third-order valence-corrected chi connectivity index (χ3v) is 4.98. The van der Waals surface area contributed by atoms with E-state index in [1.807, 2.05) is 18.2 Å². The molecule has 1 aromatic carbocycles. The fourth-order valence-electron chi connectivity index (χ4n) is 1.42. The SMILES string of the molecule is CC1(C)CN=C(Nc2ccc(Cl)cc2I)SC1. The molecule has 0 aromatic heterocycles. The molecule has 0 unspecified atom stereocenters. The first-order chi connectivity index (χ1) is 7.96. The molecular weight excluding hydrogens is 367 g/mol. The van der Waals surface area contributed by atoms with Crippen LogP contribution in [0.1, 0.15) is 13.8 Å². The van der Waals surface area contributed by atoms with Crippen LogP contribution in [0.25, 0.3) is 0 Å². The number of aliphatic imine (C=N–C) groups is 1. The first kappa shape index (κ1) is 13.5. The van der Waals surface area contributed by atoms with Gasteiger partial charge in [0, 0.05) is 20.9 Å². The topological polar surface area (TPSA) is 24.4 Å². The highest BCUT2D eigenvalue weighted by Crippen LogP contribution is 2.29. The van der Waals surface area contributed by atoms with Crippen LogP contribution in [0, 0.1) is 8.99 Å². The van der Waals surface area contributed by atoms with Gasteiger partial charge in [0.25, 0.3) is 0 Å². The minimum atomic E-state index is 0.309. The predicted molar refractivity (Wildman–Crippen MR) is 86.3 cm³/mol. The van der Waals surface area contributed by atoms with Gasteiger partial charge in [-0.2, -0.15) is 0 Å². The molecule has 0 aliphatic carbocycles. The zero-order valence-electron chi connectivity index (χ0n) is 9.76. The summed E-state index contributed by atoms with van der Waals surface area (Å²) in [5.74, 6) is 1.10. The Hall–Kier alpha value is 0.0600. The lowest BCUT2D eigenvalue weighted by Gasteiger charge is -2.27. The number of thioether (sulfide) groups is 1. The van der Waals surface area contributed by atoms with Crippen LogP contribution in [0.5, 0.6) is 0 Å². The Morgan fingerprint density at radius 3 is 2.82 bits per heavy atom. The molecule has 1 heterocycles. The number of nitrogens with zero attached hydrogens (tertiary/aromatic N) is 1. The van der Waals surface area contributed by atoms with Crippen molar-refractivity contribution in [2.75, 3.05) is 17.6 Å². The Morgan fingerprint density at radius 2 is 2.24 bits per heavy atom. The quantitative estimate of drug-likeness (QED) is 0.726. The standard InChI is InChI=1S/C12H14ClIN2S/c1-12(2)6-15-11(17-7-12)16-10-4-3-8(13)5-9(10)14/h3-5H,6-7H2,1-2H3,(H,15,16). The second-order valence-corrected chi connectivity index (χ2v) is 7.39. The summed E-state index contributed by atoms with van der Waals surface area (Å²) < 4.78 is 1.11. The van der Waals surface area contributed by atoms with Gasteiger partial charge in [-0.3, -0.25) is 4.99 Å². The lowest BCUT2D eigenvalue weighted by molar-refractivity contribution is 0.438. The van der Waals surface area contributed by atoms with E-state index in [4.69, 9.17) is 11.6 Å². The van der Waals surface area contributed by atoms with Gasteiger partial charge in [-0.1, -0.05) is 37.2 Å². The Bertz CT molecular complexity index is 460. The van der Waals surface area contributed by atoms with Crippen LogP contribution in [0.3, 0.4) is 0 Å². The van der Waals surface area contributed by atoms with Crippen molar-refractivity contribution >= 4 is 56.8 Å². The minimum absolute atomic E-state index is 0.309.